The minimum atomic E-state index is -3.41. The maximum atomic E-state index is 12.7. The molecule has 1 saturated heterocycles. The summed E-state index contributed by atoms with van der Waals surface area (Å²) < 4.78 is 30.9. The molecule has 144 valence electrons. The third kappa shape index (κ3) is 4.94. The maximum Gasteiger partial charge on any atom is 0.260 e. The van der Waals surface area contributed by atoms with Gasteiger partial charge in [-0.2, -0.15) is 0 Å². The monoisotopic (exact) mass is 427 g/mol. The molecule has 3 rings (SSSR count). The fourth-order valence-corrected chi connectivity index (χ4v) is 5.32. The van der Waals surface area contributed by atoms with E-state index >= 15 is 0 Å². The molecule has 1 heterocycles. The number of halogens is 2. The van der Waals surface area contributed by atoms with Crippen molar-refractivity contribution in [1.29, 1.82) is 0 Å². The summed E-state index contributed by atoms with van der Waals surface area (Å²) in [6.07, 6.45) is 0.304. The number of sulfone groups is 1. The van der Waals surface area contributed by atoms with Crippen LogP contribution >= 0.6 is 23.2 Å². The van der Waals surface area contributed by atoms with Crippen LogP contribution in [0.4, 0.5) is 0 Å². The van der Waals surface area contributed by atoms with Crippen LogP contribution in [0, 0.1) is 0 Å². The van der Waals surface area contributed by atoms with Gasteiger partial charge in [-0.1, -0.05) is 41.4 Å². The highest BCUT2D eigenvalue weighted by Gasteiger charge is 2.33. The number of nitrogens with zero attached hydrogens (tertiary/aromatic N) is 1. The minimum absolute atomic E-state index is 0.102. The summed E-state index contributed by atoms with van der Waals surface area (Å²) in [5, 5.41) is 0.301. The molecule has 2 aromatic rings. The van der Waals surface area contributed by atoms with Crippen LogP contribution in [-0.4, -0.2) is 44.7 Å². The topological polar surface area (TPSA) is 63.7 Å². The zero-order chi connectivity index (χ0) is 19.4. The molecule has 27 heavy (non-hydrogen) atoms. The molecule has 1 amide bonds. The van der Waals surface area contributed by atoms with Crippen molar-refractivity contribution < 1.29 is 17.9 Å². The van der Waals surface area contributed by atoms with Gasteiger partial charge in [-0.25, -0.2) is 8.42 Å². The summed E-state index contributed by atoms with van der Waals surface area (Å²) in [6.45, 7) is 0.322. The second kappa shape index (κ2) is 8.50. The maximum absolute atomic E-state index is 12.7. The highest BCUT2D eigenvalue weighted by molar-refractivity contribution is 7.91. The Kier molecular flexibility index (Phi) is 6.29. The largest absolute Gasteiger partial charge is 0.484 e. The molecule has 1 atom stereocenters. The van der Waals surface area contributed by atoms with Crippen molar-refractivity contribution in [1.82, 2.24) is 4.90 Å². The van der Waals surface area contributed by atoms with Crippen molar-refractivity contribution in [2.45, 2.75) is 11.7 Å². The summed E-state index contributed by atoms with van der Waals surface area (Å²) in [4.78, 5) is 14.0. The highest BCUT2D eigenvalue weighted by Crippen LogP contribution is 2.33. The minimum Gasteiger partial charge on any atom is -0.484 e. The van der Waals surface area contributed by atoms with Gasteiger partial charge < -0.3 is 9.64 Å². The number of carbonyl (C=O) groups is 1. The first-order valence-corrected chi connectivity index (χ1v) is 11.0. The lowest BCUT2D eigenvalue weighted by Gasteiger charge is -2.20. The number of rotatable bonds is 4. The first-order valence-electron chi connectivity index (χ1n) is 8.49. The van der Waals surface area contributed by atoms with Crippen LogP contribution in [0.5, 0.6) is 5.75 Å². The molecule has 1 fully saturated rings. The fourth-order valence-electron chi connectivity index (χ4n) is 3.05. The van der Waals surface area contributed by atoms with Crippen molar-refractivity contribution in [3.05, 3.63) is 64.1 Å². The zero-order valence-corrected chi connectivity index (χ0v) is 16.8. The van der Waals surface area contributed by atoms with Gasteiger partial charge in [-0.15, -0.1) is 0 Å². The zero-order valence-electron chi connectivity index (χ0n) is 14.5. The molecule has 0 N–H and O–H groups in total. The molecule has 0 bridgehead atoms. The Morgan fingerprint density at radius 2 is 1.78 bits per heavy atom. The lowest BCUT2D eigenvalue weighted by Crippen LogP contribution is -2.37. The summed E-state index contributed by atoms with van der Waals surface area (Å²) in [5.74, 6) is 0.180. The van der Waals surface area contributed by atoms with Gasteiger partial charge in [0.25, 0.3) is 5.91 Å². The van der Waals surface area contributed by atoms with Crippen molar-refractivity contribution in [2.24, 2.45) is 0 Å². The van der Waals surface area contributed by atoms with E-state index in [1.54, 1.807) is 48.5 Å². The number of benzene rings is 2. The molecule has 0 saturated carbocycles. The SMILES string of the molecule is O=C(COc1ccc(Cl)cc1)N1CCC(c2ccccc2Cl)S(=O)(=O)CC1. The lowest BCUT2D eigenvalue weighted by atomic mass is 10.1. The normalized spacial score (nSPS) is 19.3. The van der Waals surface area contributed by atoms with E-state index in [1.807, 2.05) is 0 Å². The Morgan fingerprint density at radius 3 is 2.48 bits per heavy atom. The van der Waals surface area contributed by atoms with Crippen LogP contribution in [0.2, 0.25) is 10.0 Å². The molecule has 1 aliphatic heterocycles. The van der Waals surface area contributed by atoms with E-state index in [0.29, 0.717) is 34.3 Å². The Bertz CT molecular complexity index is 916. The summed E-state index contributed by atoms with van der Waals surface area (Å²) >= 11 is 12.0. The predicted octanol–water partition coefficient (Wildman–Crippen LogP) is 3.76. The van der Waals surface area contributed by atoms with Gasteiger partial charge in [0, 0.05) is 23.1 Å². The summed E-state index contributed by atoms with van der Waals surface area (Å²) in [7, 11) is -3.41. The average Bonchev–Trinajstić information content (AvgIpc) is 2.80. The standard InChI is InChI=1S/C19H19Cl2NO4S/c20-14-5-7-15(8-6-14)26-13-19(23)22-10-9-18(27(24,25)12-11-22)16-3-1-2-4-17(16)21/h1-8,18H,9-13H2. The Balaban J connectivity index is 1.67. The van der Waals surface area contributed by atoms with Gasteiger partial charge in [-0.3, -0.25) is 4.79 Å². The number of carbonyl (C=O) groups excluding carboxylic acids is 1. The number of hydrogen-bond acceptors (Lipinski definition) is 4. The van der Waals surface area contributed by atoms with Crippen molar-refractivity contribution in [2.75, 3.05) is 25.4 Å². The third-order valence-electron chi connectivity index (χ3n) is 4.52. The van der Waals surface area contributed by atoms with Gasteiger partial charge >= 0.3 is 0 Å². The molecule has 5 nitrogen and oxygen atoms in total. The molecule has 1 unspecified atom stereocenters. The smallest absolute Gasteiger partial charge is 0.260 e. The van der Waals surface area contributed by atoms with E-state index < -0.39 is 15.1 Å². The second-order valence-corrected chi connectivity index (χ2v) is 9.44. The average molecular weight is 428 g/mol. The lowest BCUT2D eigenvalue weighted by molar-refractivity contribution is -0.133. The van der Waals surface area contributed by atoms with Crippen LogP contribution in [0.3, 0.4) is 0 Å². The predicted molar refractivity (Wildman–Crippen MR) is 106 cm³/mol. The van der Waals surface area contributed by atoms with Crippen LogP contribution in [0.25, 0.3) is 0 Å². The Labute approximate surface area is 168 Å². The number of amides is 1. The van der Waals surface area contributed by atoms with Gasteiger partial charge in [0.1, 0.15) is 5.75 Å². The molecule has 0 radical (unpaired) electrons. The highest BCUT2D eigenvalue weighted by atomic mass is 35.5. The number of ether oxygens (including phenoxy) is 1. The molecule has 2 aromatic carbocycles. The van der Waals surface area contributed by atoms with E-state index in [1.165, 1.54) is 4.90 Å². The molecular formula is C19H19Cl2NO4S. The van der Waals surface area contributed by atoms with Gasteiger partial charge in [0.15, 0.2) is 16.4 Å². The van der Waals surface area contributed by atoms with E-state index in [9.17, 15) is 13.2 Å². The van der Waals surface area contributed by atoms with E-state index in [0.717, 1.165) is 0 Å². The quantitative estimate of drug-likeness (QED) is 0.744. The molecule has 0 aliphatic carbocycles. The second-order valence-electron chi connectivity index (χ2n) is 6.29. The third-order valence-corrected chi connectivity index (χ3v) is 7.23. The first kappa shape index (κ1) is 20.0. The van der Waals surface area contributed by atoms with Gasteiger partial charge in [0.2, 0.25) is 0 Å². The molecule has 8 heteroatoms. The van der Waals surface area contributed by atoms with E-state index in [4.69, 9.17) is 27.9 Å². The van der Waals surface area contributed by atoms with Gasteiger partial charge in [-0.05, 0) is 42.3 Å². The van der Waals surface area contributed by atoms with Gasteiger partial charge in [0.05, 0.1) is 11.0 Å². The van der Waals surface area contributed by atoms with Crippen LogP contribution in [0.15, 0.2) is 48.5 Å². The van der Waals surface area contributed by atoms with E-state index in [-0.39, 0.29) is 24.8 Å². The summed E-state index contributed by atoms with van der Waals surface area (Å²) in [6, 6.07) is 13.6. The summed E-state index contributed by atoms with van der Waals surface area (Å²) in [5.41, 5.74) is 0.589. The van der Waals surface area contributed by atoms with Crippen LogP contribution in [-0.2, 0) is 14.6 Å². The van der Waals surface area contributed by atoms with E-state index in [2.05, 4.69) is 0 Å². The van der Waals surface area contributed by atoms with Crippen LogP contribution in [0.1, 0.15) is 17.2 Å². The Hall–Kier alpha value is -1.76. The molecule has 0 spiro atoms. The molecular weight excluding hydrogens is 409 g/mol. The van der Waals surface area contributed by atoms with Crippen molar-refractivity contribution >= 4 is 38.9 Å². The molecule has 0 aromatic heterocycles. The first-order chi connectivity index (χ1) is 12.9. The Morgan fingerprint density at radius 1 is 1.07 bits per heavy atom. The van der Waals surface area contributed by atoms with Crippen molar-refractivity contribution in [3.63, 3.8) is 0 Å². The van der Waals surface area contributed by atoms with Crippen molar-refractivity contribution in [3.8, 4) is 5.75 Å². The van der Waals surface area contributed by atoms with Crippen LogP contribution < -0.4 is 4.74 Å². The fraction of sp³-hybridized carbons (Fsp3) is 0.316. The molecule has 1 aliphatic rings. The number of hydrogen-bond donors (Lipinski definition) is 0.